The van der Waals surface area contributed by atoms with Gasteiger partial charge in [-0.15, -0.1) is 11.3 Å². The van der Waals surface area contributed by atoms with Crippen molar-refractivity contribution in [3.8, 4) is 0 Å². The predicted octanol–water partition coefficient (Wildman–Crippen LogP) is 5.32. The van der Waals surface area contributed by atoms with Crippen molar-refractivity contribution in [1.29, 1.82) is 0 Å². The minimum atomic E-state index is 1.28. The first-order valence-electron chi connectivity index (χ1n) is 7.16. The van der Waals surface area contributed by atoms with E-state index in [9.17, 15) is 0 Å². The Bertz CT molecular complexity index is 280. The van der Waals surface area contributed by atoms with Crippen LogP contribution in [0.3, 0.4) is 0 Å². The van der Waals surface area contributed by atoms with Gasteiger partial charge in [0.05, 0.1) is 0 Å². The number of hydrogen-bond donors (Lipinski definition) is 0. The number of unbranched alkanes of at least 4 members (excludes halogenated alkanes) is 8. The molecule has 1 rings (SSSR count). The van der Waals surface area contributed by atoms with E-state index in [-0.39, 0.29) is 0 Å². The van der Waals surface area contributed by atoms with Crippen LogP contribution in [-0.4, -0.2) is 0 Å². The van der Waals surface area contributed by atoms with Crippen LogP contribution in [0.4, 0.5) is 0 Å². The van der Waals surface area contributed by atoms with Crippen molar-refractivity contribution in [2.75, 3.05) is 0 Å². The third kappa shape index (κ3) is 7.21. The van der Waals surface area contributed by atoms with Gasteiger partial charge in [0, 0.05) is 4.62 Å². The standard InChI is InChI=1S/C15H27PS/c1-2-3-4-5-6-7-8-9-10-11-14-12-13-17-15(14)16/h12-13H,2-11,16H2,1H3. The Balaban J connectivity index is 1.86. The van der Waals surface area contributed by atoms with Crippen molar-refractivity contribution in [3.05, 3.63) is 17.0 Å². The highest BCUT2D eigenvalue weighted by atomic mass is 32.1. The fourth-order valence-corrected chi connectivity index (χ4v) is 3.36. The highest BCUT2D eigenvalue weighted by molar-refractivity contribution is 7.43. The van der Waals surface area contributed by atoms with Crippen molar-refractivity contribution in [2.24, 2.45) is 0 Å². The minimum absolute atomic E-state index is 1.28. The molecular weight excluding hydrogens is 243 g/mol. The molecule has 0 amide bonds. The lowest BCUT2D eigenvalue weighted by molar-refractivity contribution is 0.565. The summed E-state index contributed by atoms with van der Waals surface area (Å²) >= 11 is 1.85. The van der Waals surface area contributed by atoms with Gasteiger partial charge in [-0.2, -0.15) is 0 Å². The first-order chi connectivity index (χ1) is 8.34. The summed E-state index contributed by atoms with van der Waals surface area (Å²) in [6, 6.07) is 2.28. The molecule has 1 aromatic rings. The molecule has 0 aliphatic heterocycles. The van der Waals surface area contributed by atoms with Crippen molar-refractivity contribution < 1.29 is 0 Å². The van der Waals surface area contributed by atoms with Crippen molar-refractivity contribution in [2.45, 2.75) is 71.1 Å². The summed E-state index contributed by atoms with van der Waals surface area (Å²) in [7, 11) is 2.85. The Morgan fingerprint density at radius 3 is 2.06 bits per heavy atom. The minimum Gasteiger partial charge on any atom is -0.144 e. The van der Waals surface area contributed by atoms with Crippen LogP contribution >= 0.6 is 20.6 Å². The zero-order valence-corrected chi connectivity index (χ0v) is 13.2. The SMILES string of the molecule is CCCCCCCCCCCc1ccsc1P. The predicted molar refractivity (Wildman–Crippen MR) is 84.6 cm³/mol. The number of thiophene rings is 1. The monoisotopic (exact) mass is 270 g/mol. The summed E-state index contributed by atoms with van der Waals surface area (Å²) in [5.41, 5.74) is 1.54. The van der Waals surface area contributed by atoms with E-state index in [1.807, 2.05) is 11.3 Å². The van der Waals surface area contributed by atoms with E-state index in [0.29, 0.717) is 0 Å². The van der Waals surface area contributed by atoms with E-state index >= 15 is 0 Å². The van der Waals surface area contributed by atoms with Gasteiger partial charge in [0.15, 0.2) is 0 Å². The maximum absolute atomic E-state index is 2.85. The Morgan fingerprint density at radius 1 is 0.941 bits per heavy atom. The molecule has 1 atom stereocenters. The summed E-state index contributed by atoms with van der Waals surface area (Å²) in [5.74, 6) is 0. The maximum Gasteiger partial charge on any atom is 0.0248 e. The summed E-state index contributed by atoms with van der Waals surface area (Å²) in [5, 5.41) is 2.20. The van der Waals surface area contributed by atoms with Crippen molar-refractivity contribution >= 4 is 25.2 Å². The molecule has 0 saturated heterocycles. The van der Waals surface area contributed by atoms with Crippen molar-refractivity contribution in [3.63, 3.8) is 0 Å². The smallest absolute Gasteiger partial charge is 0.0248 e. The Morgan fingerprint density at radius 2 is 1.53 bits per heavy atom. The zero-order valence-electron chi connectivity index (χ0n) is 11.2. The molecule has 1 unspecified atom stereocenters. The van der Waals surface area contributed by atoms with Crippen LogP contribution in [0.2, 0.25) is 0 Å². The van der Waals surface area contributed by atoms with Crippen LogP contribution in [-0.2, 0) is 6.42 Å². The molecule has 0 saturated carbocycles. The molecule has 0 aromatic carbocycles. The van der Waals surface area contributed by atoms with Crippen LogP contribution in [0.25, 0.3) is 0 Å². The highest BCUT2D eigenvalue weighted by Crippen LogP contribution is 2.14. The number of hydrogen-bond acceptors (Lipinski definition) is 1. The summed E-state index contributed by atoms with van der Waals surface area (Å²) in [6.07, 6.45) is 14.1. The summed E-state index contributed by atoms with van der Waals surface area (Å²) in [6.45, 7) is 2.28. The molecule has 17 heavy (non-hydrogen) atoms. The molecule has 2 heteroatoms. The molecule has 0 aliphatic rings. The van der Waals surface area contributed by atoms with E-state index in [1.165, 1.54) is 68.8 Å². The zero-order chi connectivity index (χ0) is 12.3. The van der Waals surface area contributed by atoms with Crippen LogP contribution < -0.4 is 4.62 Å². The van der Waals surface area contributed by atoms with Gasteiger partial charge in [0.1, 0.15) is 0 Å². The molecule has 0 nitrogen and oxygen atoms in total. The van der Waals surface area contributed by atoms with Gasteiger partial charge >= 0.3 is 0 Å². The second kappa shape index (κ2) is 10.1. The van der Waals surface area contributed by atoms with Crippen LogP contribution in [0.1, 0.15) is 70.3 Å². The number of aryl methyl sites for hydroxylation is 1. The fraction of sp³-hybridized carbons (Fsp3) is 0.733. The van der Waals surface area contributed by atoms with E-state index in [2.05, 4.69) is 27.6 Å². The Labute approximate surface area is 113 Å². The Hall–Kier alpha value is 0.130. The molecular formula is C15H27PS. The van der Waals surface area contributed by atoms with Crippen LogP contribution in [0, 0.1) is 0 Å². The second-order valence-electron chi connectivity index (χ2n) is 4.89. The average molecular weight is 270 g/mol. The van der Waals surface area contributed by atoms with E-state index in [4.69, 9.17) is 0 Å². The van der Waals surface area contributed by atoms with Crippen LogP contribution in [0.5, 0.6) is 0 Å². The maximum atomic E-state index is 2.85. The quantitative estimate of drug-likeness (QED) is 0.398. The van der Waals surface area contributed by atoms with Crippen molar-refractivity contribution in [1.82, 2.24) is 0 Å². The third-order valence-electron chi connectivity index (χ3n) is 3.33. The molecule has 0 aliphatic carbocycles. The molecule has 0 fully saturated rings. The molecule has 0 radical (unpaired) electrons. The van der Waals surface area contributed by atoms with Gasteiger partial charge in [-0.3, -0.25) is 0 Å². The average Bonchev–Trinajstić information content (AvgIpc) is 2.73. The normalized spacial score (nSPS) is 10.9. The molecule has 98 valence electrons. The lowest BCUT2D eigenvalue weighted by Gasteiger charge is -2.02. The topological polar surface area (TPSA) is 0 Å². The van der Waals surface area contributed by atoms with Gasteiger partial charge < -0.3 is 0 Å². The second-order valence-corrected chi connectivity index (χ2v) is 6.83. The largest absolute Gasteiger partial charge is 0.144 e. The molecule has 1 aromatic heterocycles. The van der Waals surface area contributed by atoms with Gasteiger partial charge in [-0.05, 0) is 29.9 Å². The van der Waals surface area contributed by atoms with Gasteiger partial charge in [0.2, 0.25) is 0 Å². The number of rotatable bonds is 10. The first-order valence-corrected chi connectivity index (χ1v) is 8.62. The molecule has 0 N–H and O–H groups in total. The first kappa shape index (κ1) is 15.2. The Kier molecular flexibility index (Phi) is 9.01. The molecule has 1 heterocycles. The van der Waals surface area contributed by atoms with Gasteiger partial charge in [0.25, 0.3) is 0 Å². The highest BCUT2D eigenvalue weighted by Gasteiger charge is 1.99. The van der Waals surface area contributed by atoms with E-state index in [1.54, 1.807) is 5.56 Å². The van der Waals surface area contributed by atoms with E-state index in [0.717, 1.165) is 0 Å². The van der Waals surface area contributed by atoms with Gasteiger partial charge in [-0.1, -0.05) is 67.5 Å². The van der Waals surface area contributed by atoms with Gasteiger partial charge in [-0.25, -0.2) is 0 Å². The van der Waals surface area contributed by atoms with Crippen LogP contribution in [0.15, 0.2) is 11.4 Å². The summed E-state index contributed by atoms with van der Waals surface area (Å²) in [4.78, 5) is 0. The lowest BCUT2D eigenvalue weighted by Crippen LogP contribution is -1.93. The lowest BCUT2D eigenvalue weighted by atomic mass is 10.1. The third-order valence-corrected chi connectivity index (χ3v) is 4.90. The molecule has 0 spiro atoms. The molecule has 0 bridgehead atoms. The fourth-order valence-electron chi connectivity index (χ4n) is 2.18. The summed E-state index contributed by atoms with van der Waals surface area (Å²) < 4.78 is 1.43. The van der Waals surface area contributed by atoms with E-state index < -0.39 is 0 Å².